The third-order valence-corrected chi connectivity index (χ3v) is 3.67. The van der Waals surface area contributed by atoms with Gasteiger partial charge < -0.3 is 9.94 Å². The van der Waals surface area contributed by atoms with Crippen LogP contribution in [-0.4, -0.2) is 23.8 Å². The quantitative estimate of drug-likeness (QED) is 0.391. The number of hydrogen-bond acceptors (Lipinski definition) is 4. The molecular weight excluding hydrogens is 258 g/mol. The van der Waals surface area contributed by atoms with Crippen molar-refractivity contribution >= 4 is 17.5 Å². The molecule has 0 fully saturated rings. The lowest BCUT2D eigenvalue weighted by Crippen LogP contribution is -2.04. The van der Waals surface area contributed by atoms with Gasteiger partial charge in [-0.1, -0.05) is 35.5 Å². The van der Waals surface area contributed by atoms with Crippen LogP contribution in [0.3, 0.4) is 0 Å². The largest absolute Gasteiger partial charge is 0.497 e. The van der Waals surface area contributed by atoms with Crippen LogP contribution >= 0.6 is 11.8 Å². The minimum Gasteiger partial charge on any atom is -0.497 e. The van der Waals surface area contributed by atoms with Crippen LogP contribution < -0.4 is 4.74 Å². The first kappa shape index (κ1) is 13.5. The van der Waals surface area contributed by atoms with Crippen LogP contribution in [0.2, 0.25) is 0 Å². The van der Waals surface area contributed by atoms with Crippen LogP contribution in [0.15, 0.2) is 64.6 Å². The number of rotatable bonds is 5. The molecule has 0 radical (unpaired) electrons. The van der Waals surface area contributed by atoms with Gasteiger partial charge >= 0.3 is 0 Å². The van der Waals surface area contributed by atoms with Crippen LogP contribution in [-0.2, 0) is 0 Å². The predicted octanol–water partition coefficient (Wildman–Crippen LogP) is 3.67. The molecule has 4 heteroatoms. The molecule has 3 nitrogen and oxygen atoms in total. The van der Waals surface area contributed by atoms with Crippen molar-refractivity contribution in [3.63, 3.8) is 0 Å². The maximum Gasteiger partial charge on any atom is 0.119 e. The van der Waals surface area contributed by atoms with Gasteiger partial charge in [0.15, 0.2) is 0 Å². The van der Waals surface area contributed by atoms with E-state index < -0.39 is 0 Å². The Kier molecular flexibility index (Phi) is 4.86. The Hall–Kier alpha value is -1.94. The highest BCUT2D eigenvalue weighted by Crippen LogP contribution is 2.20. The Bertz CT molecular complexity index is 555. The van der Waals surface area contributed by atoms with Crippen molar-refractivity contribution in [1.29, 1.82) is 0 Å². The Labute approximate surface area is 116 Å². The summed E-state index contributed by atoms with van der Waals surface area (Å²) < 4.78 is 5.17. The fraction of sp³-hybridized carbons (Fsp3) is 0.133. The fourth-order valence-electron chi connectivity index (χ4n) is 1.64. The summed E-state index contributed by atoms with van der Waals surface area (Å²) in [6.45, 7) is 0. The summed E-state index contributed by atoms with van der Waals surface area (Å²) in [6, 6.07) is 17.5. The van der Waals surface area contributed by atoms with Gasteiger partial charge in [-0.05, 0) is 24.3 Å². The molecule has 2 aromatic rings. The molecule has 0 aliphatic carbocycles. The maximum atomic E-state index is 9.15. The molecule has 0 aliphatic heterocycles. The Balaban J connectivity index is 2.08. The van der Waals surface area contributed by atoms with Crippen LogP contribution in [0.1, 0.15) is 5.56 Å². The molecule has 0 saturated carbocycles. The van der Waals surface area contributed by atoms with E-state index in [2.05, 4.69) is 5.16 Å². The van der Waals surface area contributed by atoms with Crippen LogP contribution in [0, 0.1) is 0 Å². The first-order chi connectivity index (χ1) is 9.33. The number of benzene rings is 2. The van der Waals surface area contributed by atoms with E-state index in [0.717, 1.165) is 16.2 Å². The molecule has 2 rings (SSSR count). The van der Waals surface area contributed by atoms with Crippen LogP contribution in [0.5, 0.6) is 5.75 Å². The topological polar surface area (TPSA) is 41.8 Å². The molecular formula is C15H15NO2S. The van der Waals surface area contributed by atoms with Gasteiger partial charge in [-0.2, -0.15) is 0 Å². The molecule has 0 heterocycles. The van der Waals surface area contributed by atoms with Crippen molar-refractivity contribution in [2.24, 2.45) is 5.16 Å². The molecule has 0 aliphatic rings. The Morgan fingerprint density at radius 3 is 2.63 bits per heavy atom. The van der Waals surface area contributed by atoms with E-state index in [9.17, 15) is 0 Å². The number of nitrogens with zero attached hydrogens (tertiary/aromatic N) is 1. The fourth-order valence-corrected chi connectivity index (χ4v) is 2.52. The van der Waals surface area contributed by atoms with E-state index in [-0.39, 0.29) is 0 Å². The third kappa shape index (κ3) is 3.76. The first-order valence-electron chi connectivity index (χ1n) is 5.86. The summed E-state index contributed by atoms with van der Waals surface area (Å²) in [7, 11) is 1.62. The summed E-state index contributed by atoms with van der Waals surface area (Å²) >= 11 is 1.63. The molecule has 0 unspecified atom stereocenters. The second kappa shape index (κ2) is 6.85. The molecule has 1 N–H and O–H groups in total. The molecule has 0 aromatic heterocycles. The Morgan fingerprint density at radius 2 is 1.95 bits per heavy atom. The van der Waals surface area contributed by atoms with E-state index in [1.807, 2.05) is 54.6 Å². The van der Waals surface area contributed by atoms with Crippen molar-refractivity contribution in [3.05, 3.63) is 60.2 Å². The van der Waals surface area contributed by atoms with Gasteiger partial charge in [0.05, 0.1) is 12.8 Å². The first-order valence-corrected chi connectivity index (χ1v) is 6.85. The monoisotopic (exact) mass is 273 g/mol. The zero-order valence-corrected chi connectivity index (χ0v) is 11.4. The average molecular weight is 273 g/mol. The van der Waals surface area contributed by atoms with Crippen molar-refractivity contribution < 1.29 is 9.94 Å². The van der Waals surface area contributed by atoms with Gasteiger partial charge in [0.1, 0.15) is 5.75 Å². The molecule has 19 heavy (non-hydrogen) atoms. The third-order valence-electron chi connectivity index (χ3n) is 2.64. The number of thioether (sulfide) groups is 1. The van der Waals surface area contributed by atoms with E-state index in [1.165, 1.54) is 0 Å². The van der Waals surface area contributed by atoms with Gasteiger partial charge in [0.25, 0.3) is 0 Å². The van der Waals surface area contributed by atoms with Gasteiger partial charge in [0.2, 0.25) is 0 Å². The minimum absolute atomic E-state index is 0.605. The molecule has 0 spiro atoms. The van der Waals surface area contributed by atoms with Crippen molar-refractivity contribution in [3.8, 4) is 5.75 Å². The van der Waals surface area contributed by atoms with Crippen LogP contribution in [0.25, 0.3) is 0 Å². The highest BCUT2D eigenvalue weighted by Gasteiger charge is 2.06. The lowest BCUT2D eigenvalue weighted by atomic mass is 10.1. The molecule has 0 saturated heterocycles. The van der Waals surface area contributed by atoms with Crippen LogP contribution in [0.4, 0.5) is 0 Å². The number of oxime groups is 1. The van der Waals surface area contributed by atoms with E-state index in [4.69, 9.17) is 9.94 Å². The SMILES string of the molecule is COc1cccc(/C(CSc2ccccc2)=N/O)c1. The van der Waals surface area contributed by atoms with E-state index in [0.29, 0.717) is 11.5 Å². The number of ether oxygens (including phenoxy) is 1. The highest BCUT2D eigenvalue weighted by molar-refractivity contribution is 8.00. The molecule has 0 atom stereocenters. The van der Waals surface area contributed by atoms with Gasteiger partial charge in [-0.25, -0.2) is 0 Å². The second-order valence-corrected chi connectivity index (χ2v) is 4.93. The zero-order chi connectivity index (χ0) is 13.5. The standard InChI is InChI=1S/C15H15NO2S/c1-18-13-7-5-6-12(10-13)15(16-17)11-19-14-8-3-2-4-9-14/h2-10,17H,11H2,1H3/b16-15+. The maximum absolute atomic E-state index is 9.15. The van der Waals surface area contributed by atoms with Crippen molar-refractivity contribution in [2.45, 2.75) is 4.90 Å². The summed E-state index contributed by atoms with van der Waals surface area (Å²) in [4.78, 5) is 1.14. The van der Waals surface area contributed by atoms with Gasteiger partial charge in [-0.15, -0.1) is 11.8 Å². The minimum atomic E-state index is 0.605. The van der Waals surface area contributed by atoms with Crippen molar-refractivity contribution in [2.75, 3.05) is 12.9 Å². The number of methoxy groups -OCH3 is 1. The summed E-state index contributed by atoms with van der Waals surface area (Å²) in [5.41, 5.74) is 1.50. The van der Waals surface area contributed by atoms with Gasteiger partial charge in [0, 0.05) is 16.2 Å². The molecule has 2 aromatic carbocycles. The average Bonchev–Trinajstić information content (AvgIpc) is 2.49. The smallest absolute Gasteiger partial charge is 0.119 e. The zero-order valence-electron chi connectivity index (χ0n) is 10.6. The predicted molar refractivity (Wildman–Crippen MR) is 78.5 cm³/mol. The van der Waals surface area contributed by atoms with Gasteiger partial charge in [-0.3, -0.25) is 0 Å². The summed E-state index contributed by atoms with van der Waals surface area (Å²) in [5.74, 6) is 1.36. The summed E-state index contributed by atoms with van der Waals surface area (Å²) in [6.07, 6.45) is 0. The summed E-state index contributed by atoms with van der Waals surface area (Å²) in [5, 5.41) is 12.5. The molecule has 98 valence electrons. The second-order valence-electron chi connectivity index (χ2n) is 3.88. The highest BCUT2D eigenvalue weighted by atomic mass is 32.2. The molecule has 0 amide bonds. The lowest BCUT2D eigenvalue weighted by molar-refractivity contribution is 0.319. The lowest BCUT2D eigenvalue weighted by Gasteiger charge is -2.06. The molecule has 0 bridgehead atoms. The number of hydrogen-bond donors (Lipinski definition) is 1. The van der Waals surface area contributed by atoms with Crippen molar-refractivity contribution in [1.82, 2.24) is 0 Å². The Morgan fingerprint density at radius 1 is 1.16 bits per heavy atom. The normalized spacial score (nSPS) is 11.3. The van der Waals surface area contributed by atoms with E-state index in [1.54, 1.807) is 18.9 Å². The van der Waals surface area contributed by atoms with E-state index >= 15 is 0 Å².